The average Bonchev–Trinajstić information content (AvgIpc) is 2.33. The summed E-state index contributed by atoms with van der Waals surface area (Å²) < 4.78 is 13.5. The second-order valence-corrected chi connectivity index (χ2v) is 4.26. The predicted molar refractivity (Wildman–Crippen MR) is 63.9 cm³/mol. The largest absolute Gasteiger partial charge is 0.383 e. The topological polar surface area (TPSA) is 33.1 Å². The fraction of sp³-hybridized carbons (Fsp3) is 0.214. The SMILES string of the molecule is CC(O)(Cc1ccccc1F)c1ccccn1. The van der Waals surface area contributed by atoms with Gasteiger partial charge in [0.25, 0.3) is 0 Å². The molecule has 0 aliphatic carbocycles. The molecule has 0 saturated carbocycles. The fourth-order valence-electron chi connectivity index (χ4n) is 1.78. The third-order valence-corrected chi connectivity index (χ3v) is 2.71. The van der Waals surface area contributed by atoms with E-state index < -0.39 is 5.60 Å². The molecule has 1 aromatic heterocycles. The Balaban J connectivity index is 2.27. The zero-order valence-electron chi connectivity index (χ0n) is 9.60. The van der Waals surface area contributed by atoms with Crippen molar-refractivity contribution in [3.8, 4) is 0 Å². The maximum atomic E-state index is 13.5. The molecular formula is C14H14FNO. The Labute approximate surface area is 99.8 Å². The second kappa shape index (κ2) is 4.63. The summed E-state index contributed by atoms with van der Waals surface area (Å²) >= 11 is 0. The van der Waals surface area contributed by atoms with Crippen LogP contribution in [0.1, 0.15) is 18.2 Å². The monoisotopic (exact) mass is 231 g/mol. The quantitative estimate of drug-likeness (QED) is 0.881. The van der Waals surface area contributed by atoms with Crippen LogP contribution in [-0.2, 0) is 12.0 Å². The molecule has 1 unspecified atom stereocenters. The van der Waals surface area contributed by atoms with Gasteiger partial charge in [0, 0.05) is 12.6 Å². The van der Waals surface area contributed by atoms with Crippen LogP contribution in [0.2, 0.25) is 0 Å². The number of rotatable bonds is 3. The normalized spacial score (nSPS) is 14.3. The van der Waals surface area contributed by atoms with Crippen LogP contribution in [0.4, 0.5) is 4.39 Å². The van der Waals surface area contributed by atoms with E-state index >= 15 is 0 Å². The van der Waals surface area contributed by atoms with E-state index in [4.69, 9.17) is 0 Å². The minimum atomic E-state index is -1.16. The lowest BCUT2D eigenvalue weighted by molar-refractivity contribution is 0.0521. The molecule has 0 amide bonds. The van der Waals surface area contributed by atoms with E-state index in [-0.39, 0.29) is 12.2 Å². The highest BCUT2D eigenvalue weighted by molar-refractivity contribution is 5.22. The van der Waals surface area contributed by atoms with E-state index in [1.807, 2.05) is 0 Å². The number of pyridine rings is 1. The summed E-state index contributed by atoms with van der Waals surface area (Å²) in [7, 11) is 0. The van der Waals surface area contributed by atoms with Gasteiger partial charge in [0.2, 0.25) is 0 Å². The van der Waals surface area contributed by atoms with Gasteiger partial charge < -0.3 is 5.11 Å². The van der Waals surface area contributed by atoms with E-state index in [1.54, 1.807) is 49.5 Å². The number of halogens is 1. The number of hydrogen-bond donors (Lipinski definition) is 1. The molecule has 17 heavy (non-hydrogen) atoms. The maximum absolute atomic E-state index is 13.5. The molecule has 3 heteroatoms. The van der Waals surface area contributed by atoms with Crippen molar-refractivity contribution >= 4 is 0 Å². The molecule has 1 N–H and O–H groups in total. The van der Waals surface area contributed by atoms with Crippen LogP contribution in [0.5, 0.6) is 0 Å². The first-order valence-corrected chi connectivity index (χ1v) is 5.47. The van der Waals surface area contributed by atoms with Gasteiger partial charge in [-0.15, -0.1) is 0 Å². The molecule has 0 spiro atoms. The highest BCUT2D eigenvalue weighted by atomic mass is 19.1. The summed E-state index contributed by atoms with van der Waals surface area (Å²) in [6.45, 7) is 1.64. The second-order valence-electron chi connectivity index (χ2n) is 4.26. The summed E-state index contributed by atoms with van der Waals surface area (Å²) in [6.07, 6.45) is 1.82. The molecule has 0 aliphatic rings. The fourth-order valence-corrected chi connectivity index (χ4v) is 1.78. The maximum Gasteiger partial charge on any atom is 0.126 e. The summed E-state index contributed by atoms with van der Waals surface area (Å²) in [5.41, 5.74) is -0.130. The predicted octanol–water partition coefficient (Wildman–Crippen LogP) is 2.67. The summed E-state index contributed by atoms with van der Waals surface area (Å²) in [4.78, 5) is 4.10. The Hall–Kier alpha value is -1.74. The minimum Gasteiger partial charge on any atom is -0.383 e. The minimum absolute atomic E-state index is 0.205. The lowest BCUT2D eigenvalue weighted by atomic mass is 9.92. The first kappa shape index (κ1) is 11.7. The van der Waals surface area contributed by atoms with Crippen molar-refractivity contribution in [3.63, 3.8) is 0 Å². The molecule has 0 bridgehead atoms. The van der Waals surface area contributed by atoms with Crippen LogP contribution in [-0.4, -0.2) is 10.1 Å². The zero-order valence-corrected chi connectivity index (χ0v) is 9.60. The van der Waals surface area contributed by atoms with E-state index in [0.29, 0.717) is 11.3 Å². The molecular weight excluding hydrogens is 217 g/mol. The van der Waals surface area contributed by atoms with Crippen molar-refractivity contribution < 1.29 is 9.50 Å². The number of benzene rings is 1. The number of aliphatic hydroxyl groups is 1. The molecule has 2 aromatic rings. The molecule has 1 heterocycles. The van der Waals surface area contributed by atoms with Gasteiger partial charge in [-0.05, 0) is 30.7 Å². The molecule has 2 nitrogen and oxygen atoms in total. The third-order valence-electron chi connectivity index (χ3n) is 2.71. The van der Waals surface area contributed by atoms with Crippen molar-refractivity contribution in [1.29, 1.82) is 0 Å². The summed E-state index contributed by atoms with van der Waals surface area (Å²) in [5, 5.41) is 10.3. The van der Waals surface area contributed by atoms with Gasteiger partial charge >= 0.3 is 0 Å². The van der Waals surface area contributed by atoms with Crippen LogP contribution in [0.3, 0.4) is 0 Å². The molecule has 0 fully saturated rings. The van der Waals surface area contributed by atoms with Gasteiger partial charge in [0.15, 0.2) is 0 Å². The molecule has 1 atom stereocenters. The van der Waals surface area contributed by atoms with Crippen LogP contribution >= 0.6 is 0 Å². The number of aromatic nitrogens is 1. The van der Waals surface area contributed by atoms with E-state index in [0.717, 1.165) is 0 Å². The molecule has 0 saturated heterocycles. The lowest BCUT2D eigenvalue weighted by Crippen LogP contribution is -2.26. The highest BCUT2D eigenvalue weighted by Gasteiger charge is 2.25. The van der Waals surface area contributed by atoms with Gasteiger partial charge in [-0.2, -0.15) is 0 Å². The molecule has 1 aromatic carbocycles. The van der Waals surface area contributed by atoms with Gasteiger partial charge in [-0.25, -0.2) is 4.39 Å². The van der Waals surface area contributed by atoms with Gasteiger partial charge in [0.1, 0.15) is 11.4 Å². The van der Waals surface area contributed by atoms with E-state index in [1.165, 1.54) is 6.07 Å². The van der Waals surface area contributed by atoms with Crippen LogP contribution < -0.4 is 0 Å². The van der Waals surface area contributed by atoms with Crippen LogP contribution in [0, 0.1) is 5.82 Å². The smallest absolute Gasteiger partial charge is 0.126 e. The Morgan fingerprint density at radius 3 is 2.53 bits per heavy atom. The van der Waals surface area contributed by atoms with E-state index in [2.05, 4.69) is 4.98 Å². The third kappa shape index (κ3) is 2.68. The molecule has 0 radical (unpaired) electrons. The summed E-state index contributed by atoms with van der Waals surface area (Å²) in [5.74, 6) is -0.302. The highest BCUT2D eigenvalue weighted by Crippen LogP contribution is 2.24. The van der Waals surface area contributed by atoms with Crippen molar-refractivity contribution in [1.82, 2.24) is 4.98 Å². The molecule has 0 aliphatic heterocycles. The summed E-state index contributed by atoms with van der Waals surface area (Å²) in [6, 6.07) is 11.8. The Kier molecular flexibility index (Phi) is 3.20. The van der Waals surface area contributed by atoms with Crippen LogP contribution in [0.15, 0.2) is 48.7 Å². The number of nitrogens with zero attached hydrogens (tertiary/aromatic N) is 1. The van der Waals surface area contributed by atoms with Crippen molar-refractivity contribution in [2.45, 2.75) is 18.9 Å². The van der Waals surface area contributed by atoms with Gasteiger partial charge in [-0.3, -0.25) is 4.98 Å². The molecule has 88 valence electrons. The molecule has 2 rings (SSSR count). The first-order valence-electron chi connectivity index (χ1n) is 5.47. The van der Waals surface area contributed by atoms with Gasteiger partial charge in [-0.1, -0.05) is 24.3 Å². The Morgan fingerprint density at radius 1 is 1.18 bits per heavy atom. The average molecular weight is 231 g/mol. The van der Waals surface area contributed by atoms with Crippen LogP contribution in [0.25, 0.3) is 0 Å². The van der Waals surface area contributed by atoms with E-state index in [9.17, 15) is 9.50 Å². The Morgan fingerprint density at radius 2 is 1.88 bits per heavy atom. The van der Waals surface area contributed by atoms with Crippen molar-refractivity contribution in [2.24, 2.45) is 0 Å². The van der Waals surface area contributed by atoms with Crippen molar-refractivity contribution in [2.75, 3.05) is 0 Å². The standard InChI is InChI=1S/C14H14FNO/c1-14(17,13-8-4-5-9-16-13)10-11-6-2-3-7-12(11)15/h2-9,17H,10H2,1H3. The Bertz CT molecular complexity index is 497. The zero-order chi connectivity index (χ0) is 12.3. The lowest BCUT2D eigenvalue weighted by Gasteiger charge is -2.22. The number of hydrogen-bond acceptors (Lipinski definition) is 2. The van der Waals surface area contributed by atoms with Crippen molar-refractivity contribution in [3.05, 3.63) is 65.7 Å². The van der Waals surface area contributed by atoms with Gasteiger partial charge in [0.05, 0.1) is 5.69 Å². The first-order chi connectivity index (χ1) is 8.09.